The zero-order valence-corrected chi connectivity index (χ0v) is 6.63. The van der Waals surface area contributed by atoms with Gasteiger partial charge in [0.1, 0.15) is 0 Å². The Labute approximate surface area is 65.6 Å². The van der Waals surface area contributed by atoms with Crippen molar-refractivity contribution in [2.45, 2.75) is 0 Å². The summed E-state index contributed by atoms with van der Waals surface area (Å²) in [7, 11) is 3.88. The van der Waals surface area contributed by atoms with Gasteiger partial charge in [0.15, 0.2) is 0 Å². The van der Waals surface area contributed by atoms with Crippen LogP contribution in [0, 0.1) is 0 Å². The molecule has 0 unspecified atom stereocenters. The Hall–Kier alpha value is -1.25. The number of halogens is 1. The molecule has 3 heteroatoms. The van der Waals surface area contributed by atoms with Gasteiger partial charge in [0.05, 0.1) is 5.69 Å². The van der Waals surface area contributed by atoms with Gasteiger partial charge in [-0.2, -0.15) is 0 Å². The molecule has 0 bridgehead atoms. The number of nitrogens with one attached hydrogen (secondary N) is 1. The first-order valence-electron chi connectivity index (χ1n) is 3.38. The quantitative estimate of drug-likeness (QED) is 0.656. The Morgan fingerprint density at radius 3 is 2.09 bits per heavy atom. The van der Waals surface area contributed by atoms with E-state index in [0.29, 0.717) is 5.69 Å². The molecule has 1 rings (SSSR count). The van der Waals surface area contributed by atoms with E-state index in [1.54, 1.807) is 17.7 Å². The molecule has 1 aromatic carbocycles. The minimum Gasteiger partial charge on any atom is -0.378 e. The summed E-state index contributed by atoms with van der Waals surface area (Å²) in [6.07, 6.45) is 0. The molecule has 0 radical (unpaired) electrons. The van der Waals surface area contributed by atoms with Gasteiger partial charge in [-0.25, -0.2) is 5.54 Å². The predicted octanol–water partition coefficient (Wildman–Crippen LogP) is 2.05. The second kappa shape index (κ2) is 3.23. The van der Waals surface area contributed by atoms with Crippen LogP contribution < -0.4 is 10.4 Å². The lowest BCUT2D eigenvalue weighted by Crippen LogP contribution is -2.07. The summed E-state index contributed by atoms with van der Waals surface area (Å²) >= 11 is 0. The standard InChI is InChI=1S/C8H11FN2/c1-11(2)8-5-3-7(10-9)4-6-8/h3-6,10H,1-2H3. The number of anilines is 2. The molecule has 0 saturated heterocycles. The topological polar surface area (TPSA) is 15.3 Å². The van der Waals surface area contributed by atoms with Gasteiger partial charge < -0.3 is 4.90 Å². The fraction of sp³-hybridized carbons (Fsp3) is 0.250. The van der Waals surface area contributed by atoms with Crippen LogP contribution in [0.5, 0.6) is 0 Å². The Morgan fingerprint density at radius 2 is 1.73 bits per heavy atom. The number of hydrogen-bond acceptors (Lipinski definition) is 2. The largest absolute Gasteiger partial charge is 0.378 e. The summed E-state index contributed by atoms with van der Waals surface area (Å²) in [5.41, 5.74) is 3.12. The zero-order chi connectivity index (χ0) is 8.27. The van der Waals surface area contributed by atoms with Gasteiger partial charge in [-0.05, 0) is 24.3 Å². The van der Waals surface area contributed by atoms with Crippen LogP contribution in [-0.2, 0) is 0 Å². The van der Waals surface area contributed by atoms with Gasteiger partial charge in [-0.1, -0.05) is 0 Å². The van der Waals surface area contributed by atoms with Gasteiger partial charge in [-0.15, -0.1) is 4.48 Å². The monoisotopic (exact) mass is 154 g/mol. The zero-order valence-electron chi connectivity index (χ0n) is 6.63. The fourth-order valence-electron chi connectivity index (χ4n) is 0.823. The van der Waals surface area contributed by atoms with E-state index in [9.17, 15) is 4.48 Å². The maximum atomic E-state index is 11.8. The van der Waals surface area contributed by atoms with Crippen molar-refractivity contribution in [3.8, 4) is 0 Å². The van der Waals surface area contributed by atoms with Crippen LogP contribution in [0.2, 0.25) is 0 Å². The van der Waals surface area contributed by atoms with Gasteiger partial charge in [-0.3, -0.25) is 0 Å². The molecule has 0 aliphatic heterocycles. The number of nitrogens with zero attached hydrogens (tertiary/aromatic N) is 1. The first-order chi connectivity index (χ1) is 5.24. The van der Waals surface area contributed by atoms with E-state index in [0.717, 1.165) is 5.69 Å². The summed E-state index contributed by atoms with van der Waals surface area (Å²) in [4.78, 5) is 1.96. The van der Waals surface area contributed by atoms with Crippen molar-refractivity contribution in [2.24, 2.45) is 0 Å². The van der Waals surface area contributed by atoms with Crippen LogP contribution in [0.3, 0.4) is 0 Å². The highest BCUT2D eigenvalue weighted by Gasteiger charge is 1.93. The molecule has 0 heterocycles. The summed E-state index contributed by atoms with van der Waals surface area (Å²) in [5.74, 6) is 0. The predicted molar refractivity (Wildman–Crippen MR) is 45.5 cm³/mol. The molecule has 0 aromatic heterocycles. The molecule has 60 valence electrons. The minimum atomic E-state index is 0.482. The van der Waals surface area contributed by atoms with Crippen molar-refractivity contribution in [3.05, 3.63) is 24.3 Å². The van der Waals surface area contributed by atoms with Crippen LogP contribution in [0.4, 0.5) is 15.9 Å². The van der Waals surface area contributed by atoms with Crippen LogP contribution in [0.1, 0.15) is 0 Å². The highest BCUT2D eigenvalue weighted by molar-refractivity contribution is 5.53. The van der Waals surface area contributed by atoms with E-state index in [-0.39, 0.29) is 0 Å². The Balaban J connectivity index is 2.83. The van der Waals surface area contributed by atoms with E-state index in [1.807, 2.05) is 31.1 Å². The van der Waals surface area contributed by atoms with E-state index >= 15 is 0 Å². The second-order valence-corrected chi connectivity index (χ2v) is 2.54. The third-order valence-corrected chi connectivity index (χ3v) is 1.49. The molecular weight excluding hydrogens is 143 g/mol. The molecule has 11 heavy (non-hydrogen) atoms. The van der Waals surface area contributed by atoms with Gasteiger partial charge in [0.25, 0.3) is 0 Å². The maximum absolute atomic E-state index is 11.8. The second-order valence-electron chi connectivity index (χ2n) is 2.54. The number of hydrogen-bond donors (Lipinski definition) is 1. The molecule has 2 nitrogen and oxygen atoms in total. The molecule has 1 N–H and O–H groups in total. The van der Waals surface area contributed by atoms with Crippen molar-refractivity contribution in [3.63, 3.8) is 0 Å². The van der Waals surface area contributed by atoms with Crippen LogP contribution in [0.25, 0.3) is 0 Å². The van der Waals surface area contributed by atoms with Crippen molar-refractivity contribution in [1.82, 2.24) is 0 Å². The minimum absolute atomic E-state index is 0.482. The normalized spacial score (nSPS) is 9.36. The van der Waals surface area contributed by atoms with Crippen molar-refractivity contribution in [2.75, 3.05) is 24.5 Å². The lowest BCUT2D eigenvalue weighted by molar-refractivity contribution is 0.618. The van der Waals surface area contributed by atoms with Gasteiger partial charge in [0.2, 0.25) is 0 Å². The molecule has 0 aliphatic carbocycles. The van der Waals surface area contributed by atoms with Crippen LogP contribution >= 0.6 is 0 Å². The molecule has 0 amide bonds. The third-order valence-electron chi connectivity index (χ3n) is 1.49. The summed E-state index contributed by atoms with van der Waals surface area (Å²) in [5, 5.41) is 0. The molecule has 1 aromatic rings. The van der Waals surface area contributed by atoms with E-state index < -0.39 is 0 Å². The lowest BCUT2D eigenvalue weighted by atomic mass is 10.3. The average molecular weight is 154 g/mol. The van der Waals surface area contributed by atoms with Crippen LogP contribution in [0.15, 0.2) is 24.3 Å². The Bertz CT molecular complexity index is 218. The highest BCUT2D eigenvalue weighted by atomic mass is 19.2. The Morgan fingerprint density at radius 1 is 1.18 bits per heavy atom. The molecule has 0 fully saturated rings. The average Bonchev–Trinajstić information content (AvgIpc) is 2.05. The maximum Gasteiger partial charge on any atom is 0.0657 e. The molecule has 0 aliphatic rings. The first-order valence-corrected chi connectivity index (χ1v) is 3.38. The number of rotatable bonds is 2. The van der Waals surface area contributed by atoms with Crippen molar-refractivity contribution in [1.29, 1.82) is 0 Å². The van der Waals surface area contributed by atoms with Crippen molar-refractivity contribution < 1.29 is 4.48 Å². The number of benzene rings is 1. The smallest absolute Gasteiger partial charge is 0.0657 e. The van der Waals surface area contributed by atoms with Crippen LogP contribution in [-0.4, -0.2) is 14.1 Å². The molecule has 0 spiro atoms. The first kappa shape index (κ1) is 7.85. The van der Waals surface area contributed by atoms with Gasteiger partial charge >= 0.3 is 0 Å². The van der Waals surface area contributed by atoms with Crippen molar-refractivity contribution >= 4 is 11.4 Å². The highest BCUT2D eigenvalue weighted by Crippen LogP contribution is 2.15. The third kappa shape index (κ3) is 1.83. The molecular formula is C8H11FN2. The molecule has 0 atom stereocenters. The summed E-state index contributed by atoms with van der Waals surface area (Å²) in [6.45, 7) is 0. The molecule has 0 saturated carbocycles. The fourth-order valence-corrected chi connectivity index (χ4v) is 0.823. The van der Waals surface area contributed by atoms with Gasteiger partial charge in [0, 0.05) is 19.8 Å². The SMILES string of the molecule is CN(C)c1ccc(NF)cc1. The lowest BCUT2D eigenvalue weighted by Gasteiger charge is -2.11. The van der Waals surface area contributed by atoms with E-state index in [2.05, 4.69) is 0 Å². The summed E-state index contributed by atoms with van der Waals surface area (Å²) < 4.78 is 11.8. The van der Waals surface area contributed by atoms with E-state index in [1.165, 1.54) is 0 Å². The summed E-state index contributed by atoms with van der Waals surface area (Å²) in [6, 6.07) is 7.08. The van der Waals surface area contributed by atoms with E-state index in [4.69, 9.17) is 0 Å². The Kier molecular flexibility index (Phi) is 2.31.